The Kier molecular flexibility index (Phi) is 4.16. The van der Waals surface area contributed by atoms with Crippen molar-refractivity contribution in [3.8, 4) is 5.75 Å². The highest BCUT2D eigenvalue weighted by molar-refractivity contribution is 6.08. The van der Waals surface area contributed by atoms with E-state index in [2.05, 4.69) is 65.2 Å². The van der Waals surface area contributed by atoms with Gasteiger partial charge in [-0.1, -0.05) is 48.5 Å². The SMILES string of the molecule is CCOC(c1ccc(OC)cc1)n1c2ccccc2c2ccccc21. The summed E-state index contributed by atoms with van der Waals surface area (Å²) in [6, 6.07) is 25.1. The Balaban J connectivity index is 1.97. The van der Waals surface area contributed by atoms with Crippen LogP contribution in [0.25, 0.3) is 21.8 Å². The molecule has 0 radical (unpaired) electrons. The van der Waals surface area contributed by atoms with Gasteiger partial charge in [0, 0.05) is 22.9 Å². The van der Waals surface area contributed by atoms with Gasteiger partial charge in [-0.2, -0.15) is 0 Å². The average Bonchev–Trinajstić information content (AvgIpc) is 3.01. The van der Waals surface area contributed by atoms with Crippen LogP contribution in [0.15, 0.2) is 72.8 Å². The van der Waals surface area contributed by atoms with E-state index >= 15 is 0 Å². The normalized spacial score (nSPS) is 12.6. The van der Waals surface area contributed by atoms with Gasteiger partial charge < -0.3 is 14.0 Å². The van der Waals surface area contributed by atoms with E-state index in [0.29, 0.717) is 6.61 Å². The first-order valence-corrected chi connectivity index (χ1v) is 8.56. The first-order chi connectivity index (χ1) is 12.3. The van der Waals surface area contributed by atoms with E-state index in [1.807, 2.05) is 19.1 Å². The summed E-state index contributed by atoms with van der Waals surface area (Å²) < 4.78 is 13.8. The molecule has 1 heterocycles. The van der Waals surface area contributed by atoms with Gasteiger partial charge in [0.05, 0.1) is 18.1 Å². The van der Waals surface area contributed by atoms with Crippen LogP contribution in [0, 0.1) is 0 Å². The number of aromatic nitrogens is 1. The van der Waals surface area contributed by atoms with Crippen molar-refractivity contribution in [3.63, 3.8) is 0 Å². The van der Waals surface area contributed by atoms with Gasteiger partial charge in [0.15, 0.2) is 6.23 Å². The van der Waals surface area contributed by atoms with Crippen LogP contribution in [0.3, 0.4) is 0 Å². The Morgan fingerprint density at radius 2 is 1.36 bits per heavy atom. The Hall–Kier alpha value is -2.78. The highest BCUT2D eigenvalue weighted by atomic mass is 16.5. The zero-order chi connectivity index (χ0) is 17.2. The maximum atomic E-state index is 6.18. The summed E-state index contributed by atoms with van der Waals surface area (Å²) in [6.45, 7) is 2.67. The first-order valence-electron chi connectivity index (χ1n) is 8.56. The largest absolute Gasteiger partial charge is 0.497 e. The van der Waals surface area contributed by atoms with Gasteiger partial charge in [-0.05, 0) is 31.2 Å². The molecule has 0 aliphatic rings. The topological polar surface area (TPSA) is 23.4 Å². The number of para-hydroxylation sites is 2. The highest BCUT2D eigenvalue weighted by Crippen LogP contribution is 2.35. The molecule has 3 aromatic carbocycles. The molecule has 0 aliphatic carbocycles. The predicted molar refractivity (Wildman–Crippen MR) is 102 cm³/mol. The second kappa shape index (κ2) is 6.61. The fourth-order valence-electron chi connectivity index (χ4n) is 3.45. The van der Waals surface area contributed by atoms with Crippen molar-refractivity contribution in [1.29, 1.82) is 0 Å². The van der Waals surface area contributed by atoms with Gasteiger partial charge in [-0.3, -0.25) is 0 Å². The summed E-state index contributed by atoms with van der Waals surface area (Å²) in [5.74, 6) is 0.848. The van der Waals surface area contributed by atoms with E-state index in [1.165, 1.54) is 21.8 Å². The van der Waals surface area contributed by atoms with Crippen LogP contribution in [0.4, 0.5) is 0 Å². The van der Waals surface area contributed by atoms with Crippen molar-refractivity contribution in [1.82, 2.24) is 4.57 Å². The molecule has 0 N–H and O–H groups in total. The highest BCUT2D eigenvalue weighted by Gasteiger charge is 2.20. The summed E-state index contributed by atoms with van der Waals surface area (Å²) in [4.78, 5) is 0. The Morgan fingerprint density at radius 3 is 1.88 bits per heavy atom. The van der Waals surface area contributed by atoms with E-state index in [-0.39, 0.29) is 6.23 Å². The van der Waals surface area contributed by atoms with Crippen molar-refractivity contribution >= 4 is 21.8 Å². The molecule has 0 spiro atoms. The molecule has 25 heavy (non-hydrogen) atoms. The Labute approximate surface area is 147 Å². The number of benzene rings is 3. The molecule has 0 saturated carbocycles. The second-order valence-corrected chi connectivity index (χ2v) is 5.99. The molecule has 1 aromatic heterocycles. The number of fused-ring (bicyclic) bond motifs is 3. The molecule has 4 aromatic rings. The lowest BCUT2D eigenvalue weighted by Crippen LogP contribution is -2.14. The van der Waals surface area contributed by atoms with E-state index in [0.717, 1.165) is 11.3 Å². The van der Waals surface area contributed by atoms with Crippen LogP contribution in [-0.2, 0) is 4.74 Å². The summed E-state index contributed by atoms with van der Waals surface area (Å²) >= 11 is 0. The number of nitrogens with zero attached hydrogens (tertiary/aromatic N) is 1. The van der Waals surface area contributed by atoms with Crippen LogP contribution in [-0.4, -0.2) is 18.3 Å². The lowest BCUT2D eigenvalue weighted by Gasteiger charge is -2.22. The third-order valence-corrected chi connectivity index (χ3v) is 4.58. The molecular formula is C22H21NO2. The van der Waals surface area contributed by atoms with Crippen LogP contribution in [0.2, 0.25) is 0 Å². The van der Waals surface area contributed by atoms with Gasteiger partial charge in [0.1, 0.15) is 5.75 Å². The molecule has 1 unspecified atom stereocenters. The number of hydrogen-bond donors (Lipinski definition) is 0. The molecule has 0 bridgehead atoms. The van der Waals surface area contributed by atoms with Crippen molar-refractivity contribution in [3.05, 3.63) is 78.4 Å². The molecule has 126 valence electrons. The van der Waals surface area contributed by atoms with Crippen molar-refractivity contribution in [2.24, 2.45) is 0 Å². The van der Waals surface area contributed by atoms with Crippen LogP contribution >= 0.6 is 0 Å². The van der Waals surface area contributed by atoms with Crippen molar-refractivity contribution < 1.29 is 9.47 Å². The van der Waals surface area contributed by atoms with Crippen LogP contribution in [0.1, 0.15) is 18.7 Å². The van der Waals surface area contributed by atoms with Crippen LogP contribution < -0.4 is 4.74 Å². The molecule has 0 aliphatic heterocycles. The molecule has 4 rings (SSSR count). The van der Waals surface area contributed by atoms with Gasteiger partial charge in [0.25, 0.3) is 0 Å². The standard InChI is InChI=1S/C22H21NO2/c1-3-25-22(16-12-14-17(24-2)15-13-16)23-20-10-6-4-8-18(20)19-9-5-7-11-21(19)23/h4-15,22H,3H2,1-2H3. The smallest absolute Gasteiger partial charge is 0.160 e. The molecule has 0 amide bonds. The summed E-state index contributed by atoms with van der Waals surface area (Å²) in [5, 5.41) is 2.49. The van der Waals surface area contributed by atoms with Crippen LogP contribution in [0.5, 0.6) is 5.75 Å². The minimum Gasteiger partial charge on any atom is -0.497 e. The molecule has 3 nitrogen and oxygen atoms in total. The van der Waals surface area contributed by atoms with Crippen molar-refractivity contribution in [2.45, 2.75) is 13.2 Å². The molecule has 0 saturated heterocycles. The van der Waals surface area contributed by atoms with Crippen molar-refractivity contribution in [2.75, 3.05) is 13.7 Å². The van der Waals surface area contributed by atoms with E-state index in [4.69, 9.17) is 9.47 Å². The lowest BCUT2D eigenvalue weighted by atomic mass is 10.2. The summed E-state index contributed by atoms with van der Waals surface area (Å²) in [5.41, 5.74) is 3.46. The Bertz CT molecular complexity index is 948. The van der Waals surface area contributed by atoms with Gasteiger partial charge in [0.2, 0.25) is 0 Å². The van der Waals surface area contributed by atoms with E-state index < -0.39 is 0 Å². The quantitative estimate of drug-likeness (QED) is 0.490. The molecule has 1 atom stereocenters. The third kappa shape index (κ3) is 2.67. The predicted octanol–water partition coefficient (Wildman–Crippen LogP) is 5.39. The lowest BCUT2D eigenvalue weighted by molar-refractivity contribution is 0.0470. The minimum atomic E-state index is -0.180. The molecular weight excluding hydrogens is 310 g/mol. The van der Waals surface area contributed by atoms with Gasteiger partial charge in [-0.15, -0.1) is 0 Å². The number of ether oxygens (including phenoxy) is 2. The second-order valence-electron chi connectivity index (χ2n) is 5.99. The fourth-order valence-corrected chi connectivity index (χ4v) is 3.45. The number of methoxy groups -OCH3 is 1. The zero-order valence-electron chi connectivity index (χ0n) is 14.5. The zero-order valence-corrected chi connectivity index (χ0v) is 14.5. The monoisotopic (exact) mass is 331 g/mol. The fraction of sp³-hybridized carbons (Fsp3) is 0.182. The van der Waals surface area contributed by atoms with Gasteiger partial charge in [-0.25, -0.2) is 0 Å². The number of rotatable bonds is 5. The first kappa shape index (κ1) is 15.7. The van der Waals surface area contributed by atoms with Gasteiger partial charge >= 0.3 is 0 Å². The summed E-state index contributed by atoms with van der Waals surface area (Å²) in [6.07, 6.45) is -0.180. The maximum Gasteiger partial charge on any atom is 0.160 e. The molecule has 0 fully saturated rings. The summed E-state index contributed by atoms with van der Waals surface area (Å²) in [7, 11) is 1.68. The van der Waals surface area contributed by atoms with E-state index in [1.54, 1.807) is 7.11 Å². The number of hydrogen-bond acceptors (Lipinski definition) is 2. The minimum absolute atomic E-state index is 0.180. The maximum absolute atomic E-state index is 6.18. The average molecular weight is 331 g/mol. The molecule has 3 heteroatoms. The van der Waals surface area contributed by atoms with E-state index in [9.17, 15) is 0 Å². The third-order valence-electron chi connectivity index (χ3n) is 4.58. The Morgan fingerprint density at radius 1 is 0.800 bits per heavy atom.